The van der Waals surface area contributed by atoms with Crippen LogP contribution >= 0.6 is 0 Å². The number of rotatable bonds is 6. The minimum absolute atomic E-state index is 0.198. The molecule has 0 saturated heterocycles. The van der Waals surface area contributed by atoms with Crippen molar-refractivity contribution in [1.82, 2.24) is 4.31 Å². The van der Waals surface area contributed by atoms with Gasteiger partial charge in [-0.1, -0.05) is 13.8 Å². The van der Waals surface area contributed by atoms with Crippen LogP contribution in [0.25, 0.3) is 0 Å². The van der Waals surface area contributed by atoms with Crippen molar-refractivity contribution in [2.45, 2.75) is 18.7 Å². The highest BCUT2D eigenvalue weighted by molar-refractivity contribution is 7.89. The maximum absolute atomic E-state index is 12.5. The lowest BCUT2D eigenvalue weighted by Gasteiger charge is -2.19. The molecule has 1 heterocycles. The summed E-state index contributed by atoms with van der Waals surface area (Å²) in [6.45, 7) is 5.33. The summed E-state index contributed by atoms with van der Waals surface area (Å²) in [6, 6.07) is 11.1. The highest BCUT2D eigenvalue weighted by Gasteiger charge is 2.21. The highest BCUT2D eigenvalue weighted by atomic mass is 32.2. The van der Waals surface area contributed by atoms with E-state index in [9.17, 15) is 13.2 Å². The quantitative estimate of drug-likeness (QED) is 0.820. The number of nitrogens with one attached hydrogen (secondary N) is 1. The average Bonchev–Trinajstić information content (AvgIpc) is 2.68. The van der Waals surface area contributed by atoms with Crippen LogP contribution < -0.4 is 14.8 Å². The van der Waals surface area contributed by atoms with Crippen LogP contribution in [-0.2, 0) is 10.0 Å². The number of sulfonamides is 1. The van der Waals surface area contributed by atoms with Gasteiger partial charge in [-0.15, -0.1) is 0 Å². The third kappa shape index (κ3) is 4.06. The molecule has 0 aliphatic carbocycles. The number of hydrogen-bond donors (Lipinski definition) is 1. The topological polar surface area (TPSA) is 84.9 Å². The molecule has 0 aromatic heterocycles. The van der Waals surface area contributed by atoms with E-state index >= 15 is 0 Å². The molecule has 0 radical (unpaired) electrons. The number of carbonyl (C=O) groups is 1. The zero-order chi connectivity index (χ0) is 19.4. The Morgan fingerprint density at radius 2 is 1.63 bits per heavy atom. The first-order valence-corrected chi connectivity index (χ1v) is 10.2. The fourth-order valence-corrected chi connectivity index (χ4v) is 4.27. The van der Waals surface area contributed by atoms with Crippen molar-refractivity contribution < 1.29 is 22.7 Å². The molecule has 3 rings (SSSR count). The molecule has 0 spiro atoms. The number of nitrogens with zero attached hydrogens (tertiary/aromatic N) is 1. The zero-order valence-electron chi connectivity index (χ0n) is 15.3. The van der Waals surface area contributed by atoms with Crippen LogP contribution in [0.5, 0.6) is 11.5 Å². The first-order valence-electron chi connectivity index (χ1n) is 8.77. The van der Waals surface area contributed by atoms with Gasteiger partial charge in [0, 0.05) is 24.3 Å². The number of ether oxygens (including phenoxy) is 2. The molecule has 1 aliphatic rings. The van der Waals surface area contributed by atoms with E-state index in [1.807, 2.05) is 0 Å². The van der Waals surface area contributed by atoms with E-state index in [1.165, 1.54) is 16.4 Å². The fraction of sp³-hybridized carbons (Fsp3) is 0.316. The lowest BCUT2D eigenvalue weighted by Crippen LogP contribution is -2.30. The molecule has 1 aliphatic heterocycles. The molecule has 0 unspecified atom stereocenters. The van der Waals surface area contributed by atoms with Gasteiger partial charge in [0.25, 0.3) is 5.91 Å². The number of hydrogen-bond acceptors (Lipinski definition) is 5. The van der Waals surface area contributed by atoms with Gasteiger partial charge < -0.3 is 14.8 Å². The summed E-state index contributed by atoms with van der Waals surface area (Å²) < 4.78 is 37.3. The van der Waals surface area contributed by atoms with Gasteiger partial charge in [-0.05, 0) is 42.5 Å². The number of amides is 1. The molecule has 27 heavy (non-hydrogen) atoms. The first kappa shape index (κ1) is 19.2. The molecule has 1 N–H and O–H groups in total. The monoisotopic (exact) mass is 390 g/mol. The number of benzene rings is 2. The summed E-state index contributed by atoms with van der Waals surface area (Å²) in [5.74, 6) is 0.838. The van der Waals surface area contributed by atoms with Crippen molar-refractivity contribution in [1.29, 1.82) is 0 Å². The molecule has 1 amide bonds. The Kier molecular flexibility index (Phi) is 5.67. The smallest absolute Gasteiger partial charge is 0.255 e. The predicted molar refractivity (Wildman–Crippen MR) is 102 cm³/mol. The van der Waals surface area contributed by atoms with Crippen LogP contribution in [0.2, 0.25) is 0 Å². The van der Waals surface area contributed by atoms with Crippen LogP contribution in [0, 0.1) is 0 Å². The zero-order valence-corrected chi connectivity index (χ0v) is 16.1. The SMILES string of the molecule is CCN(CC)S(=O)(=O)c1ccc(NC(=O)c2ccc3c(c2)OCCO3)cc1. The number of carbonyl (C=O) groups excluding carboxylic acids is 1. The van der Waals surface area contributed by atoms with E-state index in [1.54, 1.807) is 44.2 Å². The molecule has 0 fully saturated rings. The second-order valence-corrected chi connectivity index (χ2v) is 7.86. The van der Waals surface area contributed by atoms with Gasteiger partial charge in [0.2, 0.25) is 10.0 Å². The molecule has 8 heteroatoms. The molecule has 7 nitrogen and oxygen atoms in total. The van der Waals surface area contributed by atoms with Crippen molar-refractivity contribution in [2.75, 3.05) is 31.6 Å². The molecule has 2 aromatic rings. The Balaban J connectivity index is 1.74. The van der Waals surface area contributed by atoms with Crippen molar-refractivity contribution >= 4 is 21.6 Å². The summed E-state index contributed by atoms with van der Waals surface area (Å²) in [5, 5.41) is 2.76. The normalized spacial score (nSPS) is 13.4. The van der Waals surface area contributed by atoms with Gasteiger partial charge >= 0.3 is 0 Å². The van der Waals surface area contributed by atoms with Gasteiger partial charge in [-0.25, -0.2) is 8.42 Å². The molecule has 0 bridgehead atoms. The van der Waals surface area contributed by atoms with Gasteiger partial charge in [-0.3, -0.25) is 4.79 Å². The maximum Gasteiger partial charge on any atom is 0.255 e. The second-order valence-electron chi connectivity index (χ2n) is 5.93. The molecule has 144 valence electrons. The minimum Gasteiger partial charge on any atom is -0.486 e. The summed E-state index contributed by atoms with van der Waals surface area (Å²) in [4.78, 5) is 12.6. The molecular weight excluding hydrogens is 368 g/mol. The van der Waals surface area contributed by atoms with Gasteiger partial charge in [0.15, 0.2) is 11.5 Å². The Labute approximate surface area is 158 Å². The molecule has 2 aromatic carbocycles. The van der Waals surface area contributed by atoms with Crippen LogP contribution in [0.1, 0.15) is 24.2 Å². The van der Waals surface area contributed by atoms with Crippen LogP contribution in [0.4, 0.5) is 5.69 Å². The average molecular weight is 390 g/mol. The van der Waals surface area contributed by atoms with Crippen LogP contribution in [-0.4, -0.2) is 44.9 Å². The largest absolute Gasteiger partial charge is 0.486 e. The van der Waals surface area contributed by atoms with Gasteiger partial charge in [-0.2, -0.15) is 4.31 Å². The van der Waals surface area contributed by atoms with Crippen molar-refractivity contribution in [2.24, 2.45) is 0 Å². The molecule has 0 atom stereocenters. The van der Waals surface area contributed by atoms with E-state index in [-0.39, 0.29) is 10.8 Å². The standard InChI is InChI=1S/C19H22N2O5S/c1-3-21(4-2)27(23,24)16-8-6-15(7-9-16)20-19(22)14-5-10-17-18(13-14)26-12-11-25-17/h5-10,13H,3-4,11-12H2,1-2H3,(H,20,22). The van der Waals surface area contributed by atoms with E-state index in [4.69, 9.17) is 9.47 Å². The highest BCUT2D eigenvalue weighted by Crippen LogP contribution is 2.31. The Morgan fingerprint density at radius 1 is 1.00 bits per heavy atom. The van der Waals surface area contributed by atoms with E-state index in [2.05, 4.69) is 5.32 Å². The van der Waals surface area contributed by atoms with Crippen LogP contribution in [0.15, 0.2) is 47.4 Å². The van der Waals surface area contributed by atoms with E-state index in [0.717, 1.165) is 0 Å². The van der Waals surface area contributed by atoms with E-state index in [0.29, 0.717) is 49.1 Å². The Bertz CT molecular complexity index is 922. The molecule has 0 saturated carbocycles. The van der Waals surface area contributed by atoms with Crippen LogP contribution in [0.3, 0.4) is 0 Å². The van der Waals surface area contributed by atoms with Crippen molar-refractivity contribution in [3.8, 4) is 11.5 Å². The van der Waals surface area contributed by atoms with Crippen molar-refractivity contribution in [3.05, 3.63) is 48.0 Å². The maximum atomic E-state index is 12.5. The Morgan fingerprint density at radius 3 is 2.26 bits per heavy atom. The Hall–Kier alpha value is -2.58. The fourth-order valence-electron chi connectivity index (χ4n) is 2.81. The minimum atomic E-state index is -3.52. The van der Waals surface area contributed by atoms with Gasteiger partial charge in [0.05, 0.1) is 4.90 Å². The summed E-state index contributed by atoms with van der Waals surface area (Å²) in [5.41, 5.74) is 0.937. The first-order chi connectivity index (χ1) is 13.0. The van der Waals surface area contributed by atoms with E-state index < -0.39 is 10.0 Å². The summed E-state index contributed by atoms with van der Waals surface area (Å²) >= 11 is 0. The van der Waals surface area contributed by atoms with Crippen molar-refractivity contribution in [3.63, 3.8) is 0 Å². The lowest BCUT2D eigenvalue weighted by atomic mass is 10.1. The second kappa shape index (κ2) is 7.98. The summed E-state index contributed by atoms with van der Waals surface area (Å²) in [7, 11) is -3.52. The number of anilines is 1. The molecular formula is C19H22N2O5S. The third-order valence-corrected chi connectivity index (χ3v) is 6.32. The lowest BCUT2D eigenvalue weighted by molar-refractivity contribution is 0.102. The third-order valence-electron chi connectivity index (χ3n) is 4.26. The predicted octanol–water partition coefficient (Wildman–Crippen LogP) is 2.74. The number of fused-ring (bicyclic) bond motifs is 1. The van der Waals surface area contributed by atoms with Gasteiger partial charge in [0.1, 0.15) is 13.2 Å². The summed E-state index contributed by atoms with van der Waals surface area (Å²) in [6.07, 6.45) is 0.